The van der Waals surface area contributed by atoms with E-state index in [1.165, 1.54) is 7.11 Å². The quantitative estimate of drug-likeness (QED) is 0.778. The molecule has 0 aliphatic rings. The van der Waals surface area contributed by atoms with Crippen LogP contribution in [0.4, 0.5) is 10.1 Å². The Kier molecular flexibility index (Phi) is 6.04. The van der Waals surface area contributed by atoms with Crippen LogP contribution >= 0.6 is 11.6 Å². The summed E-state index contributed by atoms with van der Waals surface area (Å²) in [6.45, 7) is -0.663. The molecule has 1 rings (SSSR count). The van der Waals surface area contributed by atoms with Crippen molar-refractivity contribution < 1.29 is 13.9 Å². The number of amides is 1. The van der Waals surface area contributed by atoms with Gasteiger partial charge in [-0.1, -0.05) is 12.1 Å². The summed E-state index contributed by atoms with van der Waals surface area (Å²) in [5, 5.41) is 2.60. The first-order chi connectivity index (χ1) is 8.62. The van der Waals surface area contributed by atoms with E-state index in [9.17, 15) is 9.18 Å². The molecule has 0 unspecified atom stereocenters. The number of nitrogens with two attached hydrogens (primary N) is 1. The Labute approximate surface area is 110 Å². The lowest BCUT2D eigenvalue weighted by Crippen LogP contribution is -2.31. The maximum Gasteiger partial charge on any atom is 0.239 e. The molecule has 6 heteroatoms. The second-order valence-corrected chi connectivity index (χ2v) is 4.05. The second-order valence-electron chi connectivity index (χ2n) is 3.78. The number of nitrogens with one attached hydrogen (secondary N) is 1. The number of carbonyl (C=O) groups is 1. The molecule has 0 aliphatic heterocycles. The minimum absolute atomic E-state index is 0.102. The normalized spacial score (nSPS) is 14.0. The van der Waals surface area contributed by atoms with Crippen LogP contribution in [-0.4, -0.2) is 31.6 Å². The van der Waals surface area contributed by atoms with E-state index in [1.807, 2.05) is 0 Å². The first kappa shape index (κ1) is 14.9. The maximum atomic E-state index is 12.5. The molecule has 0 spiro atoms. The summed E-state index contributed by atoms with van der Waals surface area (Å²) in [6.07, 6.45) is -0.507. The number of benzene rings is 1. The predicted octanol–water partition coefficient (Wildman–Crippen LogP) is 1.85. The average Bonchev–Trinajstić information content (AvgIpc) is 2.41. The van der Waals surface area contributed by atoms with Crippen LogP contribution in [-0.2, 0) is 9.53 Å². The molecule has 0 bridgehead atoms. The molecular weight excluding hydrogens is 259 g/mol. The Morgan fingerprint density at radius 1 is 1.50 bits per heavy atom. The van der Waals surface area contributed by atoms with Crippen LogP contribution < -0.4 is 11.1 Å². The van der Waals surface area contributed by atoms with Gasteiger partial charge in [-0.2, -0.15) is 0 Å². The van der Waals surface area contributed by atoms with Crippen molar-refractivity contribution in [3.63, 3.8) is 0 Å². The third-order valence-corrected chi connectivity index (χ3v) is 2.71. The summed E-state index contributed by atoms with van der Waals surface area (Å²) < 4.78 is 17.7. The summed E-state index contributed by atoms with van der Waals surface area (Å²) in [7, 11) is 1.48. The number of carbonyl (C=O) groups excluding carboxylic acids is 1. The summed E-state index contributed by atoms with van der Waals surface area (Å²) in [6, 6.07) is 6.13. The second kappa shape index (κ2) is 7.31. The van der Waals surface area contributed by atoms with Gasteiger partial charge in [-0.25, -0.2) is 4.39 Å². The molecule has 4 nitrogen and oxygen atoms in total. The molecule has 0 aliphatic carbocycles. The largest absolute Gasteiger partial charge is 0.375 e. The van der Waals surface area contributed by atoms with Crippen molar-refractivity contribution in [1.82, 2.24) is 0 Å². The Morgan fingerprint density at radius 3 is 2.56 bits per heavy atom. The molecule has 3 N–H and O–H groups in total. The maximum absolute atomic E-state index is 12.5. The van der Waals surface area contributed by atoms with Crippen molar-refractivity contribution in [2.24, 2.45) is 5.73 Å². The van der Waals surface area contributed by atoms with E-state index >= 15 is 0 Å². The Bertz CT molecular complexity index is 386. The number of hydrogen-bond acceptors (Lipinski definition) is 3. The van der Waals surface area contributed by atoms with Gasteiger partial charge in [0.05, 0.1) is 12.1 Å². The van der Waals surface area contributed by atoms with Gasteiger partial charge in [0.25, 0.3) is 0 Å². The first-order valence-electron chi connectivity index (χ1n) is 5.42. The van der Waals surface area contributed by atoms with Crippen molar-refractivity contribution in [2.45, 2.75) is 12.1 Å². The van der Waals surface area contributed by atoms with Crippen molar-refractivity contribution in [3.05, 3.63) is 29.8 Å². The first-order valence-corrected chi connectivity index (χ1v) is 5.96. The van der Waals surface area contributed by atoms with E-state index in [4.69, 9.17) is 22.1 Å². The van der Waals surface area contributed by atoms with E-state index in [-0.39, 0.29) is 11.8 Å². The van der Waals surface area contributed by atoms with Crippen molar-refractivity contribution >= 4 is 23.2 Å². The minimum atomic E-state index is -0.710. The van der Waals surface area contributed by atoms with Crippen molar-refractivity contribution in [1.29, 1.82) is 0 Å². The van der Waals surface area contributed by atoms with E-state index < -0.39 is 18.8 Å². The van der Waals surface area contributed by atoms with Gasteiger partial charge in [-0.05, 0) is 17.7 Å². The Hall–Kier alpha value is -1.17. The van der Waals surface area contributed by atoms with Crippen LogP contribution in [0, 0.1) is 0 Å². The van der Waals surface area contributed by atoms with Crippen LogP contribution in [0.2, 0.25) is 0 Å². The third-order valence-electron chi connectivity index (χ3n) is 2.47. The molecule has 0 heterocycles. The molecule has 0 fully saturated rings. The fraction of sp³-hybridized carbons (Fsp3) is 0.417. The highest BCUT2D eigenvalue weighted by molar-refractivity contribution is 6.29. The monoisotopic (exact) mass is 274 g/mol. The van der Waals surface area contributed by atoms with Gasteiger partial charge in [0, 0.05) is 12.8 Å². The topological polar surface area (TPSA) is 64.3 Å². The van der Waals surface area contributed by atoms with Crippen molar-refractivity contribution in [3.8, 4) is 0 Å². The average molecular weight is 275 g/mol. The smallest absolute Gasteiger partial charge is 0.239 e. The molecular formula is C12H16ClFN2O2. The van der Waals surface area contributed by atoms with E-state index in [2.05, 4.69) is 5.32 Å². The van der Waals surface area contributed by atoms with E-state index in [0.29, 0.717) is 5.69 Å². The zero-order valence-corrected chi connectivity index (χ0v) is 10.8. The Balaban J connectivity index is 2.77. The standard InChI is InChI=1S/C12H16ClFN2O2/c1-18-12(10(15)7-14)8-2-4-9(5-3-8)16-11(17)6-13/h2-5,10,12H,6-7,15H2,1H3,(H,16,17)/t10-,12-/m1/s1. The molecule has 0 saturated heterocycles. The number of hydrogen-bond donors (Lipinski definition) is 2. The molecule has 18 heavy (non-hydrogen) atoms. The fourth-order valence-corrected chi connectivity index (χ4v) is 1.66. The SMILES string of the molecule is CO[C@H](c1ccc(NC(=O)CCl)cc1)[C@H](N)CF. The molecule has 100 valence electrons. The number of rotatable bonds is 6. The predicted molar refractivity (Wildman–Crippen MR) is 69.5 cm³/mol. The van der Waals surface area contributed by atoms with E-state index in [0.717, 1.165) is 5.56 Å². The Morgan fingerprint density at radius 2 is 2.11 bits per heavy atom. The van der Waals surface area contributed by atoms with Crippen LogP contribution in [0.25, 0.3) is 0 Å². The molecule has 1 aromatic rings. The summed E-state index contributed by atoms with van der Waals surface area (Å²) in [5.74, 6) is -0.386. The summed E-state index contributed by atoms with van der Waals surface area (Å²) >= 11 is 5.38. The van der Waals surface area contributed by atoms with Crippen LogP contribution in [0.3, 0.4) is 0 Å². The zero-order chi connectivity index (χ0) is 13.5. The molecule has 1 amide bonds. The molecule has 0 aromatic heterocycles. The summed E-state index contributed by atoms with van der Waals surface area (Å²) in [5.41, 5.74) is 6.99. The van der Waals surface area contributed by atoms with Crippen LogP contribution in [0.1, 0.15) is 11.7 Å². The van der Waals surface area contributed by atoms with Gasteiger partial charge in [0.15, 0.2) is 0 Å². The lowest BCUT2D eigenvalue weighted by Gasteiger charge is -2.20. The lowest BCUT2D eigenvalue weighted by molar-refractivity contribution is -0.113. The van der Waals surface area contributed by atoms with E-state index in [1.54, 1.807) is 24.3 Å². The lowest BCUT2D eigenvalue weighted by atomic mass is 10.0. The number of methoxy groups -OCH3 is 1. The molecule has 0 radical (unpaired) electrons. The van der Waals surface area contributed by atoms with Gasteiger partial charge >= 0.3 is 0 Å². The highest BCUT2D eigenvalue weighted by Gasteiger charge is 2.19. The minimum Gasteiger partial charge on any atom is -0.375 e. The van der Waals surface area contributed by atoms with Gasteiger partial charge < -0.3 is 15.8 Å². The number of anilines is 1. The highest BCUT2D eigenvalue weighted by Crippen LogP contribution is 2.21. The highest BCUT2D eigenvalue weighted by atomic mass is 35.5. The number of alkyl halides is 2. The zero-order valence-electron chi connectivity index (χ0n) is 10.0. The molecule has 1 aromatic carbocycles. The van der Waals surface area contributed by atoms with Gasteiger partial charge in [0.1, 0.15) is 12.6 Å². The third kappa shape index (κ3) is 3.94. The molecule has 2 atom stereocenters. The fourth-order valence-electron chi connectivity index (χ4n) is 1.59. The van der Waals surface area contributed by atoms with Crippen LogP contribution in [0.15, 0.2) is 24.3 Å². The summed E-state index contributed by atoms with van der Waals surface area (Å²) in [4.78, 5) is 11.1. The van der Waals surface area contributed by atoms with Crippen molar-refractivity contribution in [2.75, 3.05) is 25.0 Å². The van der Waals surface area contributed by atoms with Crippen LogP contribution in [0.5, 0.6) is 0 Å². The molecule has 0 saturated carbocycles. The number of ether oxygens (including phenoxy) is 1. The van der Waals surface area contributed by atoms with Gasteiger partial charge in [-0.3, -0.25) is 4.79 Å². The van der Waals surface area contributed by atoms with Gasteiger partial charge in [0.2, 0.25) is 5.91 Å². The van der Waals surface area contributed by atoms with Gasteiger partial charge in [-0.15, -0.1) is 11.6 Å². The number of halogens is 2.